The Morgan fingerprint density at radius 3 is 2.69 bits per heavy atom. The number of rotatable bonds is 5. The first-order chi connectivity index (χ1) is 16.9. The topological polar surface area (TPSA) is 62.5 Å². The van der Waals surface area contributed by atoms with Crippen molar-refractivity contribution in [2.45, 2.75) is 33.2 Å². The number of nitrogens with one attached hydrogen (secondary N) is 1. The van der Waals surface area contributed by atoms with Crippen molar-refractivity contribution in [3.63, 3.8) is 0 Å². The van der Waals surface area contributed by atoms with Gasteiger partial charge in [0, 0.05) is 43.7 Å². The van der Waals surface area contributed by atoms with Crippen LogP contribution in [0.5, 0.6) is 0 Å². The largest absolute Gasteiger partial charge is 0.354 e. The fourth-order valence-corrected chi connectivity index (χ4v) is 4.81. The van der Waals surface area contributed by atoms with Gasteiger partial charge < -0.3 is 10.2 Å². The summed E-state index contributed by atoms with van der Waals surface area (Å²) in [6, 6.07) is 11.6. The smallest absolute Gasteiger partial charge is 0.225 e. The zero-order valence-corrected chi connectivity index (χ0v) is 19.8. The summed E-state index contributed by atoms with van der Waals surface area (Å²) in [6.45, 7) is 5.54. The van der Waals surface area contributed by atoms with Gasteiger partial charge in [-0.25, -0.2) is 18.3 Å². The van der Waals surface area contributed by atoms with Crippen LogP contribution in [-0.2, 0) is 11.3 Å². The summed E-state index contributed by atoms with van der Waals surface area (Å²) >= 11 is 0. The number of piperidine rings is 1. The van der Waals surface area contributed by atoms with E-state index >= 15 is 0 Å². The summed E-state index contributed by atoms with van der Waals surface area (Å²) in [7, 11) is 0. The molecule has 0 saturated carbocycles. The van der Waals surface area contributed by atoms with Crippen LogP contribution in [0.2, 0.25) is 0 Å². The van der Waals surface area contributed by atoms with Gasteiger partial charge in [0.2, 0.25) is 5.91 Å². The van der Waals surface area contributed by atoms with Crippen molar-refractivity contribution < 1.29 is 13.6 Å². The number of fused-ring (bicyclic) bond motifs is 1. The molecule has 0 spiro atoms. The molecule has 0 bridgehead atoms. The minimum absolute atomic E-state index is 0.0831. The van der Waals surface area contributed by atoms with Crippen molar-refractivity contribution in [3.05, 3.63) is 83.2 Å². The van der Waals surface area contributed by atoms with Crippen LogP contribution in [0.1, 0.15) is 29.5 Å². The second-order valence-electron chi connectivity index (χ2n) is 9.21. The van der Waals surface area contributed by atoms with E-state index in [4.69, 9.17) is 5.10 Å². The van der Waals surface area contributed by atoms with E-state index in [9.17, 15) is 13.6 Å². The molecule has 0 unspecified atom stereocenters. The second-order valence-corrected chi connectivity index (χ2v) is 9.21. The molecule has 1 aliphatic heterocycles. The highest BCUT2D eigenvalue weighted by molar-refractivity contribution is 5.81. The highest BCUT2D eigenvalue weighted by Gasteiger charge is 2.28. The predicted octanol–water partition coefficient (Wildman–Crippen LogP) is 4.82. The van der Waals surface area contributed by atoms with Crippen LogP contribution in [0.15, 0.2) is 54.9 Å². The number of carbonyl (C=O) groups is 1. The lowest BCUT2D eigenvalue weighted by Gasteiger charge is -2.33. The Morgan fingerprint density at radius 2 is 1.91 bits per heavy atom. The molecule has 8 heteroatoms. The average Bonchev–Trinajstić information content (AvgIpc) is 3.26. The van der Waals surface area contributed by atoms with Crippen molar-refractivity contribution >= 4 is 17.2 Å². The number of anilines is 1. The number of hydrogen-bond acceptors (Lipinski definition) is 4. The van der Waals surface area contributed by atoms with Crippen LogP contribution < -0.4 is 10.2 Å². The van der Waals surface area contributed by atoms with E-state index in [1.54, 1.807) is 6.20 Å². The summed E-state index contributed by atoms with van der Waals surface area (Å²) in [6.07, 6.45) is 5.14. The first kappa shape index (κ1) is 23.0. The maximum Gasteiger partial charge on any atom is 0.225 e. The Hall–Kier alpha value is -3.81. The monoisotopic (exact) mass is 475 g/mol. The van der Waals surface area contributed by atoms with Gasteiger partial charge in [-0.05, 0) is 56.0 Å². The molecule has 35 heavy (non-hydrogen) atoms. The molecule has 1 amide bonds. The van der Waals surface area contributed by atoms with Gasteiger partial charge in [-0.15, -0.1) is 0 Å². The molecule has 0 aliphatic carbocycles. The molecule has 0 radical (unpaired) electrons. The van der Waals surface area contributed by atoms with Crippen LogP contribution in [0, 0.1) is 31.4 Å². The fourth-order valence-electron chi connectivity index (χ4n) is 4.81. The Balaban J connectivity index is 1.34. The van der Waals surface area contributed by atoms with E-state index in [1.165, 1.54) is 17.7 Å². The third kappa shape index (κ3) is 4.87. The van der Waals surface area contributed by atoms with Crippen molar-refractivity contribution in [1.82, 2.24) is 19.9 Å². The molecule has 1 aliphatic rings. The van der Waals surface area contributed by atoms with Crippen molar-refractivity contribution in [2.24, 2.45) is 5.92 Å². The minimum Gasteiger partial charge on any atom is -0.354 e. The zero-order chi connectivity index (χ0) is 24.5. The Bertz CT molecular complexity index is 1380. The Labute approximate surface area is 202 Å². The molecule has 180 valence electrons. The molecule has 1 saturated heterocycles. The molecule has 1 atom stereocenters. The van der Waals surface area contributed by atoms with E-state index < -0.39 is 11.6 Å². The molecular formula is C27H27F2N5O. The van der Waals surface area contributed by atoms with Crippen LogP contribution >= 0.6 is 0 Å². The van der Waals surface area contributed by atoms with Gasteiger partial charge in [0.15, 0.2) is 5.82 Å². The fraction of sp³-hybridized carbons (Fsp3) is 0.296. The third-order valence-corrected chi connectivity index (χ3v) is 6.51. The minimum atomic E-state index is -0.654. The van der Waals surface area contributed by atoms with Crippen LogP contribution in [0.4, 0.5) is 14.6 Å². The molecule has 3 heterocycles. The summed E-state index contributed by atoms with van der Waals surface area (Å²) in [5.41, 5.74) is 5.61. The SMILES string of the molecule is Cc1ccc(-c2cc3c(N4CCC[C@@H](C(=O)NCc5cc(F)cc(F)c5)C4)nccn3n2)c(C)c1. The molecule has 6 nitrogen and oxygen atoms in total. The van der Waals surface area contributed by atoms with Gasteiger partial charge in [0.05, 0.1) is 11.6 Å². The number of hydrogen-bond donors (Lipinski definition) is 1. The number of aryl methyl sites for hydroxylation is 2. The quantitative estimate of drug-likeness (QED) is 0.449. The number of nitrogens with zero attached hydrogens (tertiary/aromatic N) is 4. The molecule has 4 aromatic rings. The van der Waals surface area contributed by atoms with Gasteiger partial charge in [-0.3, -0.25) is 4.79 Å². The highest BCUT2D eigenvalue weighted by Crippen LogP contribution is 2.30. The normalized spacial score (nSPS) is 16.0. The maximum atomic E-state index is 13.5. The lowest BCUT2D eigenvalue weighted by Crippen LogP contribution is -2.43. The van der Waals surface area contributed by atoms with Crippen molar-refractivity contribution in [2.75, 3.05) is 18.0 Å². The van der Waals surface area contributed by atoms with E-state index in [0.717, 1.165) is 53.6 Å². The third-order valence-electron chi connectivity index (χ3n) is 6.51. The molecule has 1 N–H and O–H groups in total. The Kier molecular flexibility index (Phi) is 6.19. The molecule has 1 fully saturated rings. The predicted molar refractivity (Wildman–Crippen MR) is 131 cm³/mol. The first-order valence-corrected chi connectivity index (χ1v) is 11.8. The van der Waals surface area contributed by atoms with E-state index in [0.29, 0.717) is 12.1 Å². The zero-order valence-electron chi connectivity index (χ0n) is 19.8. The van der Waals surface area contributed by atoms with Crippen LogP contribution in [0.25, 0.3) is 16.8 Å². The number of benzene rings is 2. The second kappa shape index (κ2) is 9.44. The molecule has 2 aromatic heterocycles. The number of aromatic nitrogens is 3. The number of carbonyl (C=O) groups excluding carboxylic acids is 1. The maximum absolute atomic E-state index is 13.5. The van der Waals surface area contributed by atoms with Crippen molar-refractivity contribution in [3.8, 4) is 11.3 Å². The lowest BCUT2D eigenvalue weighted by atomic mass is 9.97. The van der Waals surface area contributed by atoms with Gasteiger partial charge in [-0.2, -0.15) is 5.10 Å². The lowest BCUT2D eigenvalue weighted by molar-refractivity contribution is -0.125. The van der Waals surface area contributed by atoms with E-state index in [-0.39, 0.29) is 18.4 Å². The van der Waals surface area contributed by atoms with Gasteiger partial charge in [0.1, 0.15) is 17.2 Å². The van der Waals surface area contributed by atoms with Gasteiger partial charge >= 0.3 is 0 Å². The van der Waals surface area contributed by atoms with Crippen molar-refractivity contribution in [1.29, 1.82) is 0 Å². The Morgan fingerprint density at radius 1 is 1.11 bits per heavy atom. The summed E-state index contributed by atoms with van der Waals surface area (Å²) in [5.74, 6) is -0.890. The molecule has 2 aromatic carbocycles. The van der Waals surface area contributed by atoms with E-state index in [2.05, 4.69) is 47.2 Å². The van der Waals surface area contributed by atoms with Crippen LogP contribution in [-0.4, -0.2) is 33.6 Å². The highest BCUT2D eigenvalue weighted by atomic mass is 19.1. The van der Waals surface area contributed by atoms with Crippen LogP contribution in [0.3, 0.4) is 0 Å². The van der Waals surface area contributed by atoms with Gasteiger partial charge in [0.25, 0.3) is 0 Å². The summed E-state index contributed by atoms with van der Waals surface area (Å²) in [5, 5.41) is 7.60. The molecule has 5 rings (SSSR count). The standard InChI is InChI=1S/C27H27F2N5O/c1-17-5-6-23(18(2)10-17)24-14-25-26(30-7-9-34(25)32-24)33-8-3-4-20(16-33)27(35)31-15-19-11-21(28)13-22(29)12-19/h5-7,9-14,20H,3-4,8,15-16H2,1-2H3,(H,31,35)/t20-/m1/s1. The number of halogens is 2. The molecular weight excluding hydrogens is 448 g/mol. The van der Waals surface area contributed by atoms with Gasteiger partial charge in [-0.1, -0.05) is 23.8 Å². The summed E-state index contributed by atoms with van der Waals surface area (Å²) < 4.78 is 28.7. The van der Waals surface area contributed by atoms with E-state index in [1.807, 2.05) is 16.8 Å². The first-order valence-electron chi connectivity index (χ1n) is 11.8. The average molecular weight is 476 g/mol. The summed E-state index contributed by atoms with van der Waals surface area (Å²) in [4.78, 5) is 19.6. The number of amides is 1.